The van der Waals surface area contributed by atoms with E-state index in [9.17, 15) is 13.2 Å². The summed E-state index contributed by atoms with van der Waals surface area (Å²) in [4.78, 5) is 11.6. The number of hydrogen-bond donors (Lipinski definition) is 2. The number of sulfonamides is 1. The number of carbonyl (C=O) groups is 1. The molecule has 1 amide bonds. The van der Waals surface area contributed by atoms with Crippen molar-refractivity contribution in [3.63, 3.8) is 0 Å². The summed E-state index contributed by atoms with van der Waals surface area (Å²) in [6, 6.07) is 6.60. The van der Waals surface area contributed by atoms with Gasteiger partial charge in [-0.25, -0.2) is 8.42 Å². The average Bonchev–Trinajstić information content (AvgIpc) is 3.02. The first kappa shape index (κ1) is 12.9. The number of rotatable bonds is 5. The van der Waals surface area contributed by atoms with Crippen LogP contribution in [-0.4, -0.2) is 20.6 Å². The van der Waals surface area contributed by atoms with Gasteiger partial charge in [0.15, 0.2) is 0 Å². The van der Waals surface area contributed by atoms with Crippen molar-refractivity contribution in [1.82, 2.24) is 0 Å². The largest absolute Gasteiger partial charge is 0.326 e. The second-order valence-electron chi connectivity index (χ2n) is 4.65. The monoisotopic (exact) mass is 268 g/mol. The number of amides is 1. The number of carbonyl (C=O) groups excluding carboxylic acids is 1. The van der Waals surface area contributed by atoms with Gasteiger partial charge in [0.2, 0.25) is 15.9 Å². The molecule has 1 aliphatic rings. The van der Waals surface area contributed by atoms with Crippen molar-refractivity contribution in [3.8, 4) is 0 Å². The van der Waals surface area contributed by atoms with Gasteiger partial charge in [-0.05, 0) is 43.0 Å². The van der Waals surface area contributed by atoms with Crippen LogP contribution in [-0.2, 0) is 14.8 Å². The smallest absolute Gasteiger partial charge is 0.229 e. The summed E-state index contributed by atoms with van der Waals surface area (Å²) in [5, 5.41) is 2.79. The maximum absolute atomic E-state index is 11.6. The maximum atomic E-state index is 11.6. The van der Waals surface area contributed by atoms with Crippen LogP contribution in [0.3, 0.4) is 0 Å². The fourth-order valence-electron chi connectivity index (χ4n) is 1.63. The van der Waals surface area contributed by atoms with Crippen molar-refractivity contribution >= 4 is 27.3 Å². The molecule has 2 N–H and O–H groups in total. The number of hydrogen-bond acceptors (Lipinski definition) is 3. The Kier molecular flexibility index (Phi) is 3.56. The van der Waals surface area contributed by atoms with Crippen LogP contribution in [0, 0.1) is 5.92 Å². The third-order valence-electron chi connectivity index (χ3n) is 2.64. The highest BCUT2D eigenvalue weighted by Crippen LogP contribution is 2.32. The summed E-state index contributed by atoms with van der Waals surface area (Å²) in [6.07, 6.45) is 3.96. The van der Waals surface area contributed by atoms with Crippen LogP contribution >= 0.6 is 0 Å². The van der Waals surface area contributed by atoms with Gasteiger partial charge in [-0.3, -0.25) is 9.52 Å². The van der Waals surface area contributed by atoms with Crippen LogP contribution in [0.15, 0.2) is 24.3 Å². The second-order valence-corrected chi connectivity index (χ2v) is 6.40. The molecule has 0 radical (unpaired) electrons. The molecule has 0 aliphatic heterocycles. The highest BCUT2D eigenvalue weighted by Gasteiger charge is 2.24. The molecular formula is C12H16N2O3S. The third kappa shape index (κ3) is 4.37. The lowest BCUT2D eigenvalue weighted by Crippen LogP contribution is -2.12. The minimum atomic E-state index is -3.26. The van der Waals surface area contributed by atoms with E-state index in [1.54, 1.807) is 24.3 Å². The summed E-state index contributed by atoms with van der Waals surface area (Å²) in [5.41, 5.74) is 1.16. The Morgan fingerprint density at radius 1 is 1.22 bits per heavy atom. The van der Waals surface area contributed by atoms with Crippen molar-refractivity contribution in [3.05, 3.63) is 24.3 Å². The van der Waals surface area contributed by atoms with Gasteiger partial charge in [0.1, 0.15) is 0 Å². The molecule has 5 nitrogen and oxygen atoms in total. The van der Waals surface area contributed by atoms with E-state index in [1.165, 1.54) is 0 Å². The molecule has 98 valence electrons. The lowest BCUT2D eigenvalue weighted by atomic mass is 10.2. The molecule has 0 aromatic heterocycles. The Balaban J connectivity index is 1.92. The van der Waals surface area contributed by atoms with Crippen molar-refractivity contribution in [1.29, 1.82) is 0 Å². The van der Waals surface area contributed by atoms with Crippen LogP contribution in [0.1, 0.15) is 19.3 Å². The molecule has 18 heavy (non-hydrogen) atoms. The first-order valence-corrected chi connectivity index (χ1v) is 7.69. The SMILES string of the molecule is CS(=O)(=O)Nc1ccc(NC(=O)CC2CC2)cc1. The summed E-state index contributed by atoms with van der Waals surface area (Å²) in [7, 11) is -3.26. The Bertz CT molecular complexity index is 533. The third-order valence-corrected chi connectivity index (χ3v) is 3.25. The van der Waals surface area contributed by atoms with E-state index in [0.29, 0.717) is 23.7 Å². The first-order chi connectivity index (χ1) is 8.42. The van der Waals surface area contributed by atoms with Crippen LogP contribution in [0.2, 0.25) is 0 Å². The van der Waals surface area contributed by atoms with Crippen LogP contribution < -0.4 is 10.0 Å². The fraction of sp³-hybridized carbons (Fsp3) is 0.417. The fourth-order valence-corrected chi connectivity index (χ4v) is 2.20. The summed E-state index contributed by atoms with van der Waals surface area (Å²) >= 11 is 0. The Hall–Kier alpha value is -1.56. The Morgan fingerprint density at radius 2 is 1.78 bits per heavy atom. The van der Waals surface area contributed by atoms with Gasteiger partial charge >= 0.3 is 0 Å². The normalized spacial score (nSPS) is 15.2. The molecule has 0 heterocycles. The van der Waals surface area contributed by atoms with E-state index in [-0.39, 0.29) is 5.91 Å². The van der Waals surface area contributed by atoms with E-state index in [1.807, 2.05) is 0 Å². The first-order valence-electron chi connectivity index (χ1n) is 5.80. The Morgan fingerprint density at radius 3 is 2.28 bits per heavy atom. The molecule has 0 saturated heterocycles. The van der Waals surface area contributed by atoms with Crippen molar-refractivity contribution in [2.45, 2.75) is 19.3 Å². The standard InChI is InChI=1S/C12H16N2O3S/c1-18(16,17)14-11-6-4-10(5-7-11)13-12(15)8-9-2-3-9/h4-7,9,14H,2-3,8H2,1H3,(H,13,15). The van der Waals surface area contributed by atoms with Crippen molar-refractivity contribution in [2.75, 3.05) is 16.3 Å². The molecule has 0 unspecified atom stereocenters. The van der Waals surface area contributed by atoms with E-state index >= 15 is 0 Å². The summed E-state index contributed by atoms with van der Waals surface area (Å²) in [5.74, 6) is 0.567. The predicted octanol–water partition coefficient (Wildman–Crippen LogP) is 1.80. The van der Waals surface area contributed by atoms with Crippen LogP contribution in [0.4, 0.5) is 11.4 Å². The Labute approximate surface area is 107 Å². The zero-order valence-corrected chi connectivity index (χ0v) is 11.0. The molecule has 1 fully saturated rings. The minimum Gasteiger partial charge on any atom is -0.326 e. The number of benzene rings is 1. The average molecular weight is 268 g/mol. The van der Waals surface area contributed by atoms with Crippen LogP contribution in [0.25, 0.3) is 0 Å². The number of anilines is 2. The van der Waals surface area contributed by atoms with Crippen molar-refractivity contribution in [2.24, 2.45) is 5.92 Å². The summed E-state index contributed by atoms with van der Waals surface area (Å²) < 4.78 is 24.4. The van der Waals surface area contributed by atoms with Crippen molar-refractivity contribution < 1.29 is 13.2 Å². The van der Waals surface area contributed by atoms with E-state index in [4.69, 9.17) is 0 Å². The zero-order chi connectivity index (χ0) is 13.2. The topological polar surface area (TPSA) is 75.3 Å². The van der Waals surface area contributed by atoms with Gasteiger partial charge in [-0.1, -0.05) is 0 Å². The van der Waals surface area contributed by atoms with Gasteiger partial charge < -0.3 is 5.32 Å². The van der Waals surface area contributed by atoms with E-state index in [2.05, 4.69) is 10.0 Å². The predicted molar refractivity (Wildman–Crippen MR) is 70.9 cm³/mol. The lowest BCUT2D eigenvalue weighted by Gasteiger charge is -2.07. The van der Waals surface area contributed by atoms with Crippen LogP contribution in [0.5, 0.6) is 0 Å². The molecule has 6 heteroatoms. The molecule has 1 aliphatic carbocycles. The lowest BCUT2D eigenvalue weighted by molar-refractivity contribution is -0.116. The molecule has 1 aromatic rings. The van der Waals surface area contributed by atoms with Gasteiger partial charge in [0.25, 0.3) is 0 Å². The second kappa shape index (κ2) is 4.97. The molecular weight excluding hydrogens is 252 g/mol. The summed E-state index contributed by atoms with van der Waals surface area (Å²) in [6.45, 7) is 0. The van der Waals surface area contributed by atoms with Gasteiger partial charge in [0, 0.05) is 17.8 Å². The maximum Gasteiger partial charge on any atom is 0.229 e. The van der Waals surface area contributed by atoms with Gasteiger partial charge in [0.05, 0.1) is 6.26 Å². The highest BCUT2D eigenvalue weighted by molar-refractivity contribution is 7.92. The zero-order valence-electron chi connectivity index (χ0n) is 10.1. The highest BCUT2D eigenvalue weighted by atomic mass is 32.2. The molecule has 2 rings (SSSR count). The molecule has 1 saturated carbocycles. The molecule has 0 atom stereocenters. The quantitative estimate of drug-likeness (QED) is 0.855. The minimum absolute atomic E-state index is 0.0151. The molecule has 0 spiro atoms. The van der Waals surface area contributed by atoms with Gasteiger partial charge in [-0.2, -0.15) is 0 Å². The van der Waals surface area contributed by atoms with Gasteiger partial charge in [-0.15, -0.1) is 0 Å². The van der Waals surface area contributed by atoms with E-state index < -0.39 is 10.0 Å². The molecule has 1 aromatic carbocycles. The number of nitrogens with one attached hydrogen (secondary N) is 2. The molecule has 0 bridgehead atoms. The van der Waals surface area contributed by atoms with E-state index in [0.717, 1.165) is 19.1 Å².